The van der Waals surface area contributed by atoms with Crippen LogP contribution in [0.4, 0.5) is 0 Å². The lowest BCUT2D eigenvalue weighted by atomic mass is 9.81. The van der Waals surface area contributed by atoms with Gasteiger partial charge in [0, 0.05) is 20.7 Å². The van der Waals surface area contributed by atoms with Crippen LogP contribution in [0.3, 0.4) is 0 Å². The van der Waals surface area contributed by atoms with E-state index >= 15 is 0 Å². The van der Waals surface area contributed by atoms with Crippen LogP contribution in [0, 0.1) is 0 Å². The summed E-state index contributed by atoms with van der Waals surface area (Å²) in [6.45, 7) is 0.626. The molecule has 2 nitrogen and oxygen atoms in total. The summed E-state index contributed by atoms with van der Waals surface area (Å²) in [4.78, 5) is 1.21. The Bertz CT molecular complexity index is 352. The molecule has 0 spiro atoms. The van der Waals surface area contributed by atoms with E-state index in [0.717, 1.165) is 17.3 Å². The Morgan fingerprint density at radius 1 is 1.53 bits per heavy atom. The van der Waals surface area contributed by atoms with Crippen LogP contribution in [0.2, 0.25) is 0 Å². The number of aliphatic hydroxyl groups is 1. The Balaban J connectivity index is 2.07. The molecule has 0 aliphatic heterocycles. The summed E-state index contributed by atoms with van der Waals surface area (Å²) >= 11 is 5.23. The van der Waals surface area contributed by atoms with Crippen molar-refractivity contribution in [3.8, 4) is 0 Å². The fourth-order valence-electron chi connectivity index (χ4n) is 1.87. The van der Waals surface area contributed by atoms with E-state index < -0.39 is 0 Å². The first-order valence-electron chi connectivity index (χ1n) is 4.96. The van der Waals surface area contributed by atoms with Gasteiger partial charge in [-0.3, -0.25) is 0 Å². The highest BCUT2D eigenvalue weighted by atomic mass is 79.9. The third kappa shape index (κ3) is 2.56. The van der Waals surface area contributed by atoms with Gasteiger partial charge in [-0.2, -0.15) is 0 Å². The standard InChI is InChI=1S/C11H14BrNOS/c12-8-2-1-3-10(4-8)15-11(7-13)5-9(14)6-11/h1-4,9,14H,5-7,13H2. The van der Waals surface area contributed by atoms with Crippen molar-refractivity contribution in [2.24, 2.45) is 5.73 Å². The number of hydrogen-bond donors (Lipinski definition) is 2. The van der Waals surface area contributed by atoms with E-state index in [2.05, 4.69) is 28.1 Å². The molecule has 0 amide bonds. The minimum absolute atomic E-state index is 0.0558. The second-order valence-corrected chi connectivity index (χ2v) is 6.47. The smallest absolute Gasteiger partial charge is 0.0568 e. The van der Waals surface area contributed by atoms with Gasteiger partial charge in [-0.05, 0) is 31.0 Å². The predicted molar refractivity (Wildman–Crippen MR) is 67.0 cm³/mol. The molecule has 0 bridgehead atoms. The highest BCUT2D eigenvalue weighted by Gasteiger charge is 2.43. The molecule has 1 aromatic carbocycles. The number of halogens is 1. The first-order chi connectivity index (χ1) is 7.13. The Kier molecular flexibility index (Phi) is 3.40. The summed E-state index contributed by atoms with van der Waals surface area (Å²) in [6.07, 6.45) is 1.45. The first-order valence-corrected chi connectivity index (χ1v) is 6.57. The molecule has 0 atom stereocenters. The molecule has 0 radical (unpaired) electrons. The van der Waals surface area contributed by atoms with E-state index in [0.29, 0.717) is 6.54 Å². The van der Waals surface area contributed by atoms with Gasteiger partial charge in [0.2, 0.25) is 0 Å². The maximum Gasteiger partial charge on any atom is 0.0568 e. The lowest BCUT2D eigenvalue weighted by molar-refractivity contribution is 0.0643. The molecule has 2 rings (SSSR count). The second-order valence-electron chi connectivity index (χ2n) is 4.01. The Morgan fingerprint density at radius 3 is 2.80 bits per heavy atom. The molecule has 0 heterocycles. The van der Waals surface area contributed by atoms with E-state index in [9.17, 15) is 5.11 Å². The van der Waals surface area contributed by atoms with Crippen molar-refractivity contribution >= 4 is 27.7 Å². The number of thioether (sulfide) groups is 1. The lowest BCUT2D eigenvalue weighted by Crippen LogP contribution is -2.49. The van der Waals surface area contributed by atoms with Crippen molar-refractivity contribution in [1.82, 2.24) is 0 Å². The van der Waals surface area contributed by atoms with E-state index in [1.165, 1.54) is 4.90 Å². The van der Waals surface area contributed by atoms with Crippen LogP contribution in [0.1, 0.15) is 12.8 Å². The molecule has 15 heavy (non-hydrogen) atoms. The normalized spacial score (nSPS) is 29.9. The summed E-state index contributed by atoms with van der Waals surface area (Å²) in [5.74, 6) is 0. The van der Waals surface area contributed by atoms with E-state index in [4.69, 9.17) is 5.73 Å². The predicted octanol–water partition coefficient (Wildman–Crippen LogP) is 2.39. The molecule has 1 aromatic rings. The topological polar surface area (TPSA) is 46.2 Å². The largest absolute Gasteiger partial charge is 0.393 e. The molecule has 0 aromatic heterocycles. The lowest BCUT2D eigenvalue weighted by Gasteiger charge is -2.44. The molecule has 4 heteroatoms. The average molecular weight is 288 g/mol. The third-order valence-corrected chi connectivity index (χ3v) is 4.63. The number of nitrogens with two attached hydrogens (primary N) is 1. The summed E-state index contributed by atoms with van der Waals surface area (Å²) in [6, 6.07) is 8.20. The van der Waals surface area contributed by atoms with Crippen molar-refractivity contribution in [3.05, 3.63) is 28.7 Å². The molecule has 3 N–H and O–H groups in total. The molecule has 1 aliphatic rings. The summed E-state index contributed by atoms with van der Waals surface area (Å²) in [5, 5.41) is 9.37. The molecular formula is C11H14BrNOS. The zero-order chi connectivity index (χ0) is 10.9. The maximum absolute atomic E-state index is 9.37. The minimum atomic E-state index is -0.159. The molecule has 0 unspecified atom stereocenters. The van der Waals surface area contributed by atoms with Gasteiger partial charge >= 0.3 is 0 Å². The summed E-state index contributed by atoms with van der Waals surface area (Å²) in [5.41, 5.74) is 5.77. The number of aliphatic hydroxyl groups excluding tert-OH is 1. The van der Waals surface area contributed by atoms with Crippen molar-refractivity contribution in [3.63, 3.8) is 0 Å². The van der Waals surface area contributed by atoms with Crippen LogP contribution in [-0.2, 0) is 0 Å². The average Bonchev–Trinajstić information content (AvgIpc) is 2.15. The van der Waals surface area contributed by atoms with Gasteiger partial charge < -0.3 is 10.8 Å². The monoisotopic (exact) mass is 287 g/mol. The first kappa shape index (κ1) is 11.5. The van der Waals surface area contributed by atoms with Crippen LogP contribution in [0.5, 0.6) is 0 Å². The summed E-state index contributed by atoms with van der Waals surface area (Å²) in [7, 11) is 0. The zero-order valence-corrected chi connectivity index (χ0v) is 10.7. The van der Waals surface area contributed by atoms with Crippen molar-refractivity contribution in [2.45, 2.75) is 28.6 Å². The van der Waals surface area contributed by atoms with Gasteiger partial charge in [-0.25, -0.2) is 0 Å². The van der Waals surface area contributed by atoms with E-state index in [1.54, 1.807) is 11.8 Å². The van der Waals surface area contributed by atoms with Gasteiger partial charge in [-0.15, -0.1) is 11.8 Å². The van der Waals surface area contributed by atoms with Crippen molar-refractivity contribution < 1.29 is 5.11 Å². The SMILES string of the molecule is NCC1(Sc2cccc(Br)c2)CC(O)C1. The molecule has 1 fully saturated rings. The highest BCUT2D eigenvalue weighted by molar-refractivity contribution is 9.10. The van der Waals surface area contributed by atoms with Gasteiger partial charge in [0.25, 0.3) is 0 Å². The fourth-order valence-corrected chi connectivity index (χ4v) is 3.89. The van der Waals surface area contributed by atoms with Gasteiger partial charge in [-0.1, -0.05) is 22.0 Å². The van der Waals surface area contributed by atoms with Gasteiger partial charge in [0.15, 0.2) is 0 Å². The van der Waals surface area contributed by atoms with Crippen LogP contribution in [0.25, 0.3) is 0 Å². The van der Waals surface area contributed by atoms with Crippen LogP contribution in [-0.4, -0.2) is 22.5 Å². The molecule has 0 saturated heterocycles. The summed E-state index contributed by atoms with van der Waals surface area (Å²) < 4.78 is 1.14. The molecular weight excluding hydrogens is 274 g/mol. The molecule has 1 aliphatic carbocycles. The maximum atomic E-state index is 9.37. The zero-order valence-electron chi connectivity index (χ0n) is 8.32. The Morgan fingerprint density at radius 2 is 2.27 bits per heavy atom. The van der Waals surface area contributed by atoms with Crippen molar-refractivity contribution in [2.75, 3.05) is 6.54 Å². The van der Waals surface area contributed by atoms with E-state index in [1.807, 2.05) is 12.1 Å². The van der Waals surface area contributed by atoms with Crippen LogP contribution in [0.15, 0.2) is 33.6 Å². The number of benzene rings is 1. The van der Waals surface area contributed by atoms with E-state index in [-0.39, 0.29) is 10.9 Å². The third-order valence-electron chi connectivity index (χ3n) is 2.72. The molecule has 82 valence electrons. The number of hydrogen-bond acceptors (Lipinski definition) is 3. The van der Waals surface area contributed by atoms with Gasteiger partial charge in [0.05, 0.1) is 6.10 Å². The van der Waals surface area contributed by atoms with Crippen LogP contribution >= 0.6 is 27.7 Å². The van der Waals surface area contributed by atoms with Crippen LogP contribution < -0.4 is 5.73 Å². The fraction of sp³-hybridized carbons (Fsp3) is 0.455. The highest BCUT2D eigenvalue weighted by Crippen LogP contribution is 2.47. The Labute approximate surface area is 102 Å². The number of rotatable bonds is 3. The quantitative estimate of drug-likeness (QED) is 0.897. The molecule has 1 saturated carbocycles. The Hall–Kier alpha value is -0.0300. The second kappa shape index (κ2) is 4.45. The van der Waals surface area contributed by atoms with Crippen molar-refractivity contribution in [1.29, 1.82) is 0 Å². The minimum Gasteiger partial charge on any atom is -0.393 e. The van der Waals surface area contributed by atoms with Gasteiger partial charge in [0.1, 0.15) is 0 Å².